The van der Waals surface area contributed by atoms with Gasteiger partial charge in [-0.3, -0.25) is 0 Å². The largest absolute Gasteiger partial charge is 0.457 e. The Hall–Kier alpha value is -8.60. The molecule has 1 aliphatic carbocycles. The van der Waals surface area contributed by atoms with E-state index in [9.17, 15) is 6.85 Å². The van der Waals surface area contributed by atoms with Crippen LogP contribution < -0.4 is 9.64 Å². The monoisotopic (exact) mass is 843 g/mol. The van der Waals surface area contributed by atoms with Crippen LogP contribution in [0.15, 0.2) is 235 Å². The summed E-state index contributed by atoms with van der Waals surface area (Å²) in [5, 5.41) is 0.974. The maximum Gasteiger partial charge on any atom is 0.137 e. The van der Waals surface area contributed by atoms with E-state index in [0.717, 1.165) is 33.4 Å². The summed E-state index contributed by atoms with van der Waals surface area (Å²) in [6.07, 6.45) is 0. The quantitative estimate of drug-likeness (QED) is 0.173. The number of hydrogen-bond acceptors (Lipinski definition) is 3. The first kappa shape index (κ1) is 25.5. The Balaban J connectivity index is 1.14. The fourth-order valence-electron chi connectivity index (χ4n) is 10.4. The molecule has 65 heavy (non-hydrogen) atoms. The normalized spacial score (nSPS) is 16.0. The molecule has 0 amide bonds. The van der Waals surface area contributed by atoms with Gasteiger partial charge in [0.2, 0.25) is 0 Å². The van der Waals surface area contributed by atoms with E-state index in [4.69, 9.17) is 20.1 Å². The van der Waals surface area contributed by atoms with Crippen molar-refractivity contribution in [2.45, 2.75) is 5.41 Å². The minimum Gasteiger partial charge on any atom is -0.457 e. The van der Waals surface area contributed by atoms with Gasteiger partial charge in [0.25, 0.3) is 0 Å². The molecule has 14 rings (SSSR count). The van der Waals surface area contributed by atoms with Gasteiger partial charge in [-0.05, 0) is 100 Å². The zero-order valence-corrected chi connectivity index (χ0v) is 34.1. The Kier molecular flexibility index (Phi) is 5.37. The molecule has 2 aliphatic rings. The molecule has 0 unspecified atom stereocenters. The van der Waals surface area contributed by atoms with Crippen LogP contribution in [-0.2, 0) is 5.41 Å². The van der Waals surface area contributed by atoms with Gasteiger partial charge in [-0.1, -0.05) is 164 Å². The third-order valence-corrected chi connectivity index (χ3v) is 12.9. The third kappa shape index (κ3) is 5.02. The molecule has 4 nitrogen and oxygen atoms in total. The van der Waals surface area contributed by atoms with Crippen molar-refractivity contribution < 1.29 is 27.0 Å². The Morgan fingerprint density at radius 1 is 0.462 bits per heavy atom. The fourth-order valence-corrected chi connectivity index (χ4v) is 10.4. The Bertz CT molecular complexity index is 4610. The molecule has 0 atom stereocenters. The van der Waals surface area contributed by atoms with Crippen LogP contribution >= 0.6 is 0 Å². The van der Waals surface area contributed by atoms with Gasteiger partial charge in [-0.25, -0.2) is 0 Å². The zero-order valence-electron chi connectivity index (χ0n) is 47.1. The molecule has 1 aliphatic heterocycles. The highest BCUT2D eigenvalue weighted by Gasteiger charge is 2.51. The maximum absolute atomic E-state index is 10.1. The molecule has 0 fully saturated rings. The molecule has 0 bridgehead atoms. The number of aromatic nitrogens is 1. The highest BCUT2D eigenvalue weighted by Crippen LogP contribution is 2.63. The van der Waals surface area contributed by atoms with Crippen molar-refractivity contribution in [3.05, 3.63) is 252 Å². The molecule has 0 saturated heterocycles. The lowest BCUT2D eigenvalue weighted by atomic mass is 9.66. The summed E-state index contributed by atoms with van der Waals surface area (Å²) in [6.45, 7) is 0. The standard InChI is InChI=1S/C61H38N2O2/c1-2-17-39(18-3-1)40-33-35-45-44-21-6-11-26-51(44)63(55(45)37-40)53-28-13-12-27-52(53)62(54-29-16-32-59-60(54)46-22-7-14-30-56(46)64-59)41-34-36-58-50(38-41)61(49-25-10-15-31-57(49)65-58)47-23-8-4-19-42(47)43-20-5-9-24-48(43)61/h1-38H/i1D,2D,3D,6D,11D,17D,18D,21D,26D,30D,33D,35D,37D. The Labute approximate surface area is 393 Å². The van der Waals surface area contributed by atoms with Crippen LogP contribution in [0, 0.1) is 0 Å². The van der Waals surface area contributed by atoms with Crippen molar-refractivity contribution in [1.82, 2.24) is 4.57 Å². The van der Waals surface area contributed by atoms with E-state index in [1.807, 2.05) is 95.9 Å². The number of hydrogen-bond donors (Lipinski definition) is 0. The van der Waals surface area contributed by atoms with Gasteiger partial charge in [0.15, 0.2) is 0 Å². The molecule has 1 spiro atoms. The molecule has 12 aromatic rings. The van der Waals surface area contributed by atoms with Crippen LogP contribution in [0.4, 0.5) is 17.1 Å². The van der Waals surface area contributed by atoms with Gasteiger partial charge in [0, 0.05) is 33.0 Å². The van der Waals surface area contributed by atoms with Crippen LogP contribution in [0.25, 0.3) is 71.7 Å². The second kappa shape index (κ2) is 13.7. The molecule has 10 aromatic carbocycles. The lowest BCUT2D eigenvalue weighted by Crippen LogP contribution is -2.32. The van der Waals surface area contributed by atoms with Crippen LogP contribution in [0.1, 0.15) is 40.1 Å². The van der Waals surface area contributed by atoms with Gasteiger partial charge >= 0.3 is 0 Å². The van der Waals surface area contributed by atoms with Crippen molar-refractivity contribution in [2.24, 2.45) is 0 Å². The molecule has 0 saturated carbocycles. The van der Waals surface area contributed by atoms with E-state index in [1.54, 1.807) is 24.3 Å². The fraction of sp³-hybridized carbons (Fsp3) is 0.0164. The summed E-state index contributed by atoms with van der Waals surface area (Å²) in [5.41, 5.74) is 6.52. The molecule has 2 aromatic heterocycles. The second-order valence-corrected chi connectivity index (χ2v) is 16.1. The number of rotatable bonds is 5. The van der Waals surface area contributed by atoms with Gasteiger partial charge in [-0.2, -0.15) is 0 Å². The Morgan fingerprint density at radius 2 is 1.15 bits per heavy atom. The number of fused-ring (bicyclic) bond motifs is 15. The number of nitrogens with zero attached hydrogens (tertiary/aromatic N) is 2. The lowest BCUT2D eigenvalue weighted by molar-refractivity contribution is 0.436. The minimum atomic E-state index is -0.901. The highest BCUT2D eigenvalue weighted by molar-refractivity contribution is 6.15. The average molecular weight is 844 g/mol. The summed E-state index contributed by atoms with van der Waals surface area (Å²) in [4.78, 5) is 1.99. The first-order valence-corrected chi connectivity index (χ1v) is 21.2. The third-order valence-electron chi connectivity index (χ3n) is 12.9. The number of benzene rings is 10. The predicted octanol–water partition coefficient (Wildman–Crippen LogP) is 16.3. The van der Waals surface area contributed by atoms with E-state index >= 15 is 0 Å². The van der Waals surface area contributed by atoms with Gasteiger partial charge in [0.05, 0.1) is 56.7 Å². The first-order valence-electron chi connectivity index (χ1n) is 27.7. The zero-order chi connectivity index (χ0) is 54.0. The predicted molar refractivity (Wildman–Crippen MR) is 266 cm³/mol. The van der Waals surface area contributed by atoms with Gasteiger partial charge < -0.3 is 18.6 Å². The van der Waals surface area contributed by atoms with E-state index in [2.05, 4.69) is 36.4 Å². The lowest BCUT2D eigenvalue weighted by Gasteiger charge is -2.40. The summed E-state index contributed by atoms with van der Waals surface area (Å²) in [6, 6.07) is 41.4. The molecule has 3 heterocycles. The summed E-state index contributed by atoms with van der Waals surface area (Å²) in [5.74, 6) is 1.30. The summed E-state index contributed by atoms with van der Waals surface area (Å²) in [7, 11) is 0. The van der Waals surface area contributed by atoms with E-state index < -0.39 is 89.1 Å². The van der Waals surface area contributed by atoms with Gasteiger partial charge in [0.1, 0.15) is 22.7 Å². The Morgan fingerprint density at radius 3 is 2.02 bits per heavy atom. The minimum absolute atomic E-state index is 0.123. The van der Waals surface area contributed by atoms with Crippen molar-refractivity contribution in [3.63, 3.8) is 0 Å². The number of anilines is 3. The van der Waals surface area contributed by atoms with Crippen molar-refractivity contribution in [2.75, 3.05) is 4.90 Å². The van der Waals surface area contributed by atoms with E-state index in [-0.39, 0.29) is 33.5 Å². The number of para-hydroxylation sites is 5. The highest BCUT2D eigenvalue weighted by atomic mass is 16.5. The van der Waals surface area contributed by atoms with Crippen LogP contribution in [0.3, 0.4) is 0 Å². The van der Waals surface area contributed by atoms with Gasteiger partial charge in [-0.15, -0.1) is 0 Å². The molecule has 4 heteroatoms. The molecule has 304 valence electrons. The SMILES string of the molecule is [2H]c1c([2H])c([2H])c(-c2c([2H])c([2H])c3c4c([2H])c([2H])c([2H])c([2H])c4n(-c4ccccc4N(c4ccc5c(c4)C4(c6ccccc6O5)c5ccccc5-c5ccccc54)c4cccc5oc6c([2H])cccc6c45)c3c2[2H])c([2H])c1[2H]. The van der Waals surface area contributed by atoms with E-state index in [0.29, 0.717) is 50.5 Å². The first-order chi connectivity index (χ1) is 37.7. The van der Waals surface area contributed by atoms with Crippen molar-refractivity contribution >= 4 is 60.8 Å². The molecular formula is C61H38N2O2. The maximum atomic E-state index is 10.1. The topological polar surface area (TPSA) is 30.5 Å². The van der Waals surface area contributed by atoms with E-state index in [1.165, 1.54) is 4.57 Å². The average Bonchev–Trinajstić information content (AvgIpc) is 4.33. The summed E-state index contributed by atoms with van der Waals surface area (Å²) < 4.78 is 133. The second-order valence-electron chi connectivity index (χ2n) is 16.1. The summed E-state index contributed by atoms with van der Waals surface area (Å²) >= 11 is 0. The van der Waals surface area contributed by atoms with Crippen LogP contribution in [0.2, 0.25) is 0 Å². The van der Waals surface area contributed by atoms with Crippen molar-refractivity contribution in [1.29, 1.82) is 0 Å². The number of furan rings is 1. The van der Waals surface area contributed by atoms with Crippen LogP contribution in [0.5, 0.6) is 11.5 Å². The molecule has 0 radical (unpaired) electrons. The van der Waals surface area contributed by atoms with Crippen molar-refractivity contribution in [3.8, 4) is 39.4 Å². The van der Waals surface area contributed by atoms with Crippen LogP contribution in [-0.4, -0.2) is 4.57 Å². The molecule has 0 N–H and O–H groups in total. The smallest absolute Gasteiger partial charge is 0.137 e. The molecular weight excluding hydrogens is 793 g/mol. The number of ether oxygens (including phenoxy) is 1.